The molecule has 0 aliphatic heterocycles. The number of allylic oxidation sites excluding steroid dienone is 2. The molecule has 0 aromatic heterocycles. The summed E-state index contributed by atoms with van der Waals surface area (Å²) in [4.78, 5) is 22.4. The van der Waals surface area contributed by atoms with Crippen LogP contribution in [0.15, 0.2) is 23.8 Å². The molecule has 0 fully saturated rings. The molecule has 0 aromatic carbocycles. The van der Waals surface area contributed by atoms with Gasteiger partial charge in [-0.1, -0.05) is 19.9 Å². The summed E-state index contributed by atoms with van der Waals surface area (Å²) in [5, 5.41) is 10.4. The molecule has 16 heavy (non-hydrogen) atoms. The average Bonchev–Trinajstić information content (AvgIpc) is 2.08. The van der Waals surface area contributed by atoms with Gasteiger partial charge in [-0.3, -0.25) is 9.59 Å². The molecule has 1 N–H and O–H groups in total. The van der Waals surface area contributed by atoms with E-state index in [1.54, 1.807) is 6.92 Å². The van der Waals surface area contributed by atoms with Gasteiger partial charge >= 0.3 is 0 Å². The van der Waals surface area contributed by atoms with Crippen molar-refractivity contribution in [3.05, 3.63) is 23.8 Å². The topological polar surface area (TPSA) is 54.4 Å². The molecule has 3 nitrogen and oxygen atoms in total. The van der Waals surface area contributed by atoms with E-state index in [9.17, 15) is 14.7 Å². The Bertz CT molecular complexity index is 384. The minimum absolute atomic E-state index is 0.0141. The molecule has 0 saturated heterocycles. The van der Waals surface area contributed by atoms with Crippen LogP contribution in [-0.4, -0.2) is 22.3 Å². The first kappa shape index (κ1) is 12.8. The van der Waals surface area contributed by atoms with Crippen molar-refractivity contribution in [2.75, 3.05) is 0 Å². The van der Waals surface area contributed by atoms with Crippen LogP contribution in [0.4, 0.5) is 0 Å². The van der Waals surface area contributed by atoms with Crippen molar-refractivity contribution in [3.63, 3.8) is 0 Å². The monoisotopic (exact) mass is 222 g/mol. The molecule has 1 rings (SSSR count). The maximum atomic E-state index is 11.5. The van der Waals surface area contributed by atoms with Crippen LogP contribution in [0, 0.1) is 5.41 Å². The number of hydrogen-bond acceptors (Lipinski definition) is 3. The first-order chi connectivity index (χ1) is 7.17. The van der Waals surface area contributed by atoms with E-state index >= 15 is 0 Å². The first-order valence-electron chi connectivity index (χ1n) is 5.33. The van der Waals surface area contributed by atoms with Crippen molar-refractivity contribution < 1.29 is 14.7 Å². The minimum atomic E-state index is -1.09. The Balaban J connectivity index is 3.15. The number of hydrogen-bond donors (Lipinski definition) is 1. The average molecular weight is 222 g/mol. The highest BCUT2D eigenvalue weighted by Gasteiger charge is 2.45. The third-order valence-electron chi connectivity index (χ3n) is 3.31. The molecule has 0 heterocycles. The summed E-state index contributed by atoms with van der Waals surface area (Å²) >= 11 is 0. The quantitative estimate of drug-likeness (QED) is 0.725. The standard InChI is InChI=1S/C13H18O3/c1-9(14)5-6-10-7-11(15)8-12(2,3)13(10,4)16/h5-7,16H,8H2,1-4H3. The molecule has 88 valence electrons. The Morgan fingerprint density at radius 1 is 1.44 bits per heavy atom. The highest BCUT2D eigenvalue weighted by molar-refractivity contribution is 5.94. The number of rotatable bonds is 2. The van der Waals surface area contributed by atoms with E-state index in [0.29, 0.717) is 12.0 Å². The predicted octanol–water partition coefficient (Wildman–Crippen LogP) is 1.81. The molecule has 0 aromatic rings. The van der Waals surface area contributed by atoms with Crippen molar-refractivity contribution in [2.45, 2.75) is 39.7 Å². The zero-order valence-electron chi connectivity index (χ0n) is 10.2. The SMILES string of the molecule is CC(=O)C=CC1=CC(=O)CC(C)(C)C1(C)O. The van der Waals surface area contributed by atoms with Gasteiger partial charge in [0.25, 0.3) is 0 Å². The van der Waals surface area contributed by atoms with Gasteiger partial charge in [-0.25, -0.2) is 0 Å². The summed E-state index contributed by atoms with van der Waals surface area (Å²) in [5.41, 5.74) is -1.11. The van der Waals surface area contributed by atoms with Gasteiger partial charge in [0, 0.05) is 11.8 Å². The van der Waals surface area contributed by atoms with Crippen LogP contribution in [0.5, 0.6) is 0 Å². The van der Waals surface area contributed by atoms with Crippen LogP contribution in [0.25, 0.3) is 0 Å². The van der Waals surface area contributed by atoms with Crippen molar-refractivity contribution in [1.29, 1.82) is 0 Å². The zero-order valence-corrected chi connectivity index (χ0v) is 10.2. The predicted molar refractivity (Wildman–Crippen MR) is 61.9 cm³/mol. The van der Waals surface area contributed by atoms with E-state index in [2.05, 4.69) is 0 Å². The number of carbonyl (C=O) groups excluding carboxylic acids is 2. The lowest BCUT2D eigenvalue weighted by molar-refractivity contribution is -0.122. The summed E-state index contributed by atoms with van der Waals surface area (Å²) in [5.74, 6) is -0.118. The summed E-state index contributed by atoms with van der Waals surface area (Å²) in [6.07, 6.45) is 4.64. The van der Waals surface area contributed by atoms with E-state index in [1.807, 2.05) is 13.8 Å². The zero-order chi connectivity index (χ0) is 12.6. The Morgan fingerprint density at radius 3 is 2.50 bits per heavy atom. The van der Waals surface area contributed by atoms with E-state index < -0.39 is 11.0 Å². The molecule has 0 bridgehead atoms. The third-order valence-corrected chi connectivity index (χ3v) is 3.31. The summed E-state index contributed by atoms with van der Waals surface area (Å²) < 4.78 is 0. The second-order valence-corrected chi connectivity index (χ2v) is 5.14. The van der Waals surface area contributed by atoms with Crippen LogP contribution in [0.1, 0.15) is 34.1 Å². The molecule has 1 unspecified atom stereocenters. The Hall–Kier alpha value is -1.22. The Labute approximate surface area is 95.9 Å². The van der Waals surface area contributed by atoms with Gasteiger partial charge in [0.1, 0.15) is 0 Å². The van der Waals surface area contributed by atoms with Gasteiger partial charge in [0.15, 0.2) is 11.6 Å². The normalized spacial score (nSPS) is 29.3. The van der Waals surface area contributed by atoms with Gasteiger partial charge in [-0.05, 0) is 31.6 Å². The van der Waals surface area contributed by atoms with Gasteiger partial charge in [-0.2, -0.15) is 0 Å². The lowest BCUT2D eigenvalue weighted by Crippen LogP contribution is -2.47. The molecule has 1 aliphatic rings. The van der Waals surface area contributed by atoms with E-state index in [1.165, 1.54) is 25.2 Å². The van der Waals surface area contributed by atoms with Gasteiger partial charge < -0.3 is 5.11 Å². The summed E-state index contributed by atoms with van der Waals surface area (Å²) in [6, 6.07) is 0. The Kier molecular flexibility index (Phi) is 3.20. The Morgan fingerprint density at radius 2 is 2.00 bits per heavy atom. The molecule has 0 spiro atoms. The second-order valence-electron chi connectivity index (χ2n) is 5.14. The molecule has 0 amide bonds. The molecule has 0 saturated carbocycles. The lowest BCUT2D eigenvalue weighted by atomic mass is 9.65. The lowest BCUT2D eigenvalue weighted by Gasteiger charge is -2.43. The summed E-state index contributed by atoms with van der Waals surface area (Å²) in [7, 11) is 0. The molecule has 1 atom stereocenters. The van der Waals surface area contributed by atoms with E-state index in [4.69, 9.17) is 0 Å². The van der Waals surface area contributed by atoms with Gasteiger partial charge in [-0.15, -0.1) is 0 Å². The first-order valence-corrected chi connectivity index (χ1v) is 5.33. The highest BCUT2D eigenvalue weighted by Crippen LogP contribution is 2.43. The number of ketones is 2. The minimum Gasteiger partial charge on any atom is -0.385 e. The van der Waals surface area contributed by atoms with Crippen LogP contribution in [0.2, 0.25) is 0 Å². The third kappa shape index (κ3) is 2.30. The second kappa shape index (κ2) is 3.98. The fraction of sp³-hybridized carbons (Fsp3) is 0.538. The highest BCUT2D eigenvalue weighted by atomic mass is 16.3. The molecular formula is C13H18O3. The molecular weight excluding hydrogens is 204 g/mol. The van der Waals surface area contributed by atoms with Crippen LogP contribution >= 0.6 is 0 Å². The van der Waals surface area contributed by atoms with Crippen molar-refractivity contribution in [1.82, 2.24) is 0 Å². The maximum Gasteiger partial charge on any atom is 0.156 e. The number of carbonyl (C=O) groups is 2. The maximum absolute atomic E-state index is 11.5. The number of aliphatic hydroxyl groups is 1. The van der Waals surface area contributed by atoms with Crippen LogP contribution in [-0.2, 0) is 9.59 Å². The fourth-order valence-corrected chi connectivity index (χ4v) is 1.78. The van der Waals surface area contributed by atoms with Crippen molar-refractivity contribution in [2.24, 2.45) is 5.41 Å². The van der Waals surface area contributed by atoms with E-state index in [-0.39, 0.29) is 11.6 Å². The smallest absolute Gasteiger partial charge is 0.156 e. The van der Waals surface area contributed by atoms with Crippen LogP contribution < -0.4 is 0 Å². The largest absolute Gasteiger partial charge is 0.385 e. The van der Waals surface area contributed by atoms with Gasteiger partial charge in [0.05, 0.1) is 5.60 Å². The van der Waals surface area contributed by atoms with Crippen LogP contribution in [0.3, 0.4) is 0 Å². The molecule has 1 aliphatic carbocycles. The molecule has 0 radical (unpaired) electrons. The fourth-order valence-electron chi connectivity index (χ4n) is 1.78. The van der Waals surface area contributed by atoms with E-state index in [0.717, 1.165) is 0 Å². The van der Waals surface area contributed by atoms with Crippen molar-refractivity contribution >= 4 is 11.6 Å². The molecule has 3 heteroatoms. The van der Waals surface area contributed by atoms with Crippen molar-refractivity contribution in [3.8, 4) is 0 Å². The van der Waals surface area contributed by atoms with Gasteiger partial charge in [0.2, 0.25) is 0 Å². The summed E-state index contributed by atoms with van der Waals surface area (Å²) in [6.45, 7) is 6.80.